The van der Waals surface area contributed by atoms with Gasteiger partial charge in [0.15, 0.2) is 5.69 Å². The van der Waals surface area contributed by atoms with Crippen LogP contribution in [0.15, 0.2) is 11.6 Å². The molecule has 0 radical (unpaired) electrons. The third kappa shape index (κ3) is 3.72. The van der Waals surface area contributed by atoms with Crippen molar-refractivity contribution < 1.29 is 35.9 Å². The SMILES string of the molecule is COCc1nn2c(CN3CC([C@@H]4CC4C(F)(F)F)=CC3=O)c(C(F)(F)F)nc2s1. The van der Waals surface area contributed by atoms with Crippen molar-refractivity contribution in [3.63, 3.8) is 0 Å². The van der Waals surface area contributed by atoms with Gasteiger partial charge in [0, 0.05) is 19.7 Å². The zero-order valence-corrected chi connectivity index (χ0v) is 15.7. The molecule has 1 saturated carbocycles. The lowest BCUT2D eigenvalue weighted by molar-refractivity contribution is -0.150. The van der Waals surface area contributed by atoms with Gasteiger partial charge in [-0.25, -0.2) is 9.50 Å². The highest BCUT2D eigenvalue weighted by Crippen LogP contribution is 2.54. The van der Waals surface area contributed by atoms with Crippen molar-refractivity contribution in [1.82, 2.24) is 19.5 Å². The van der Waals surface area contributed by atoms with Gasteiger partial charge in [-0.05, 0) is 17.9 Å². The van der Waals surface area contributed by atoms with E-state index in [1.165, 1.54) is 7.11 Å². The standard InChI is InChI=1S/C16H14F6N4O2S/c1-28-6-11-24-26-10(13(16(20,21)22)23-14(26)29-11)5-25-4-7(2-12(25)27)8-3-9(8)15(17,18)19/h2,8-9H,3-6H2,1H3/t8-,9?/m0/s1. The molecule has 6 nitrogen and oxygen atoms in total. The molecule has 1 aliphatic heterocycles. The summed E-state index contributed by atoms with van der Waals surface area (Å²) < 4.78 is 84.5. The Labute approximate surface area is 163 Å². The first-order chi connectivity index (χ1) is 13.5. The third-order valence-corrected chi connectivity index (χ3v) is 5.78. The minimum absolute atomic E-state index is 0.00136. The monoisotopic (exact) mass is 440 g/mol. The highest BCUT2D eigenvalue weighted by atomic mass is 32.1. The molecule has 2 aliphatic rings. The minimum Gasteiger partial charge on any atom is -0.377 e. The van der Waals surface area contributed by atoms with Gasteiger partial charge >= 0.3 is 12.4 Å². The van der Waals surface area contributed by atoms with Crippen LogP contribution in [0, 0.1) is 11.8 Å². The fraction of sp³-hybridized carbons (Fsp3) is 0.562. The molecule has 2 atom stereocenters. The molecule has 1 fully saturated rings. The number of hydrogen-bond acceptors (Lipinski definition) is 5. The maximum Gasteiger partial charge on any atom is 0.435 e. The molecule has 0 N–H and O–H groups in total. The predicted octanol–water partition coefficient (Wildman–Crippen LogP) is 3.42. The van der Waals surface area contributed by atoms with E-state index in [1.807, 2.05) is 0 Å². The lowest BCUT2D eigenvalue weighted by atomic mass is 10.1. The molecule has 1 aliphatic carbocycles. The van der Waals surface area contributed by atoms with Gasteiger partial charge in [0.25, 0.3) is 0 Å². The average molecular weight is 440 g/mol. The average Bonchev–Trinajstić information content (AvgIpc) is 3.05. The summed E-state index contributed by atoms with van der Waals surface area (Å²) in [4.78, 5) is 16.9. The first kappa shape index (κ1) is 20.1. The number of amides is 1. The molecule has 0 spiro atoms. The van der Waals surface area contributed by atoms with Gasteiger partial charge in [-0.1, -0.05) is 11.3 Å². The number of hydrogen-bond donors (Lipinski definition) is 0. The zero-order chi connectivity index (χ0) is 21.1. The maximum atomic E-state index is 13.4. The van der Waals surface area contributed by atoms with Crippen LogP contribution in [0.3, 0.4) is 0 Å². The summed E-state index contributed by atoms with van der Waals surface area (Å²) in [6.45, 7) is -0.520. The van der Waals surface area contributed by atoms with Crippen LogP contribution in [0.5, 0.6) is 0 Å². The largest absolute Gasteiger partial charge is 0.435 e. The first-order valence-electron chi connectivity index (χ1n) is 8.48. The molecule has 0 bridgehead atoms. The molecule has 3 heterocycles. The van der Waals surface area contributed by atoms with Gasteiger partial charge in [0.05, 0.1) is 24.8 Å². The van der Waals surface area contributed by atoms with E-state index in [2.05, 4.69) is 10.1 Å². The molecule has 0 saturated heterocycles. The smallest absolute Gasteiger partial charge is 0.377 e. The lowest BCUT2D eigenvalue weighted by Crippen LogP contribution is -2.28. The minimum atomic E-state index is -4.76. The fourth-order valence-corrected chi connectivity index (χ4v) is 4.36. The second-order valence-corrected chi connectivity index (χ2v) is 7.97. The van der Waals surface area contributed by atoms with Crippen LogP contribution in [0.2, 0.25) is 0 Å². The van der Waals surface area contributed by atoms with Crippen molar-refractivity contribution in [3.05, 3.63) is 28.0 Å². The van der Waals surface area contributed by atoms with Gasteiger partial charge in [0.1, 0.15) is 5.01 Å². The van der Waals surface area contributed by atoms with Gasteiger partial charge in [-0.15, -0.1) is 0 Å². The summed E-state index contributed by atoms with van der Waals surface area (Å²) in [5.41, 5.74) is -1.21. The second kappa shape index (κ2) is 6.69. The van der Waals surface area contributed by atoms with E-state index >= 15 is 0 Å². The van der Waals surface area contributed by atoms with Crippen molar-refractivity contribution in [2.75, 3.05) is 13.7 Å². The molecule has 29 heavy (non-hydrogen) atoms. The predicted molar refractivity (Wildman–Crippen MR) is 87.7 cm³/mol. The van der Waals surface area contributed by atoms with E-state index < -0.39 is 42.3 Å². The first-order valence-corrected chi connectivity index (χ1v) is 9.30. The van der Waals surface area contributed by atoms with Gasteiger partial charge in [-0.2, -0.15) is 31.4 Å². The summed E-state index contributed by atoms with van der Waals surface area (Å²) >= 11 is 0.924. The summed E-state index contributed by atoms with van der Waals surface area (Å²) in [6.07, 6.45) is -8.12. The number of carbonyl (C=O) groups excluding carboxylic acids is 1. The van der Waals surface area contributed by atoms with E-state index in [4.69, 9.17) is 4.74 Å². The molecule has 1 amide bonds. The fourth-order valence-electron chi connectivity index (χ4n) is 3.48. The molecule has 1 unspecified atom stereocenters. The van der Waals surface area contributed by atoms with Crippen LogP contribution >= 0.6 is 11.3 Å². The van der Waals surface area contributed by atoms with Crippen molar-refractivity contribution >= 4 is 22.2 Å². The molecule has 0 aromatic carbocycles. The van der Waals surface area contributed by atoms with Crippen LogP contribution < -0.4 is 0 Å². The lowest BCUT2D eigenvalue weighted by Gasteiger charge is -2.17. The normalized spacial score (nSPS) is 22.7. The Morgan fingerprint density at radius 2 is 2.00 bits per heavy atom. The van der Waals surface area contributed by atoms with Crippen LogP contribution in [0.4, 0.5) is 26.3 Å². The van der Waals surface area contributed by atoms with Crippen LogP contribution in [-0.4, -0.2) is 45.2 Å². The molecular formula is C16H14F6N4O2S. The van der Waals surface area contributed by atoms with E-state index in [0.717, 1.165) is 26.8 Å². The Kier molecular flexibility index (Phi) is 4.64. The van der Waals surface area contributed by atoms with E-state index in [1.54, 1.807) is 0 Å². The number of fused-ring (bicyclic) bond motifs is 1. The van der Waals surface area contributed by atoms with E-state index in [-0.39, 0.29) is 30.2 Å². The number of methoxy groups -OCH3 is 1. The summed E-state index contributed by atoms with van der Waals surface area (Å²) in [7, 11) is 1.41. The Balaban J connectivity index is 1.58. The number of aromatic nitrogens is 3. The Morgan fingerprint density at radius 3 is 2.59 bits per heavy atom. The third-order valence-electron chi connectivity index (χ3n) is 4.90. The second-order valence-electron chi connectivity index (χ2n) is 6.93. The summed E-state index contributed by atoms with van der Waals surface area (Å²) in [5.74, 6) is -2.91. The number of rotatable bonds is 5. The highest BCUT2D eigenvalue weighted by Gasteiger charge is 2.57. The summed E-state index contributed by atoms with van der Waals surface area (Å²) in [5, 5.41) is 4.46. The van der Waals surface area contributed by atoms with Gasteiger partial charge in [0.2, 0.25) is 10.9 Å². The number of alkyl halides is 6. The van der Waals surface area contributed by atoms with Gasteiger partial charge < -0.3 is 9.64 Å². The molecule has 2 aromatic rings. The highest BCUT2D eigenvalue weighted by molar-refractivity contribution is 7.16. The van der Waals surface area contributed by atoms with Crippen molar-refractivity contribution in [2.45, 2.75) is 31.9 Å². The van der Waals surface area contributed by atoms with Crippen LogP contribution in [0.25, 0.3) is 4.96 Å². The van der Waals surface area contributed by atoms with Crippen molar-refractivity contribution in [3.8, 4) is 0 Å². The molecule has 4 rings (SSSR count). The Morgan fingerprint density at radius 1 is 1.28 bits per heavy atom. The molecule has 2 aromatic heterocycles. The summed E-state index contributed by atoms with van der Waals surface area (Å²) in [6, 6.07) is 0. The molecular weight excluding hydrogens is 426 g/mol. The number of ether oxygens (including phenoxy) is 1. The quantitative estimate of drug-likeness (QED) is 0.669. The molecule has 13 heteroatoms. The van der Waals surface area contributed by atoms with Crippen LogP contribution in [0.1, 0.15) is 22.8 Å². The zero-order valence-electron chi connectivity index (χ0n) is 14.8. The number of imidazole rings is 1. The van der Waals surface area contributed by atoms with Crippen molar-refractivity contribution in [1.29, 1.82) is 0 Å². The Bertz CT molecular complexity index is 992. The van der Waals surface area contributed by atoms with Gasteiger partial charge in [-0.3, -0.25) is 4.79 Å². The van der Waals surface area contributed by atoms with E-state index in [0.29, 0.717) is 10.6 Å². The Hall–Kier alpha value is -2.15. The number of halogens is 6. The molecule has 158 valence electrons. The topological polar surface area (TPSA) is 59.7 Å². The maximum absolute atomic E-state index is 13.4. The number of nitrogens with zero attached hydrogens (tertiary/aromatic N) is 4. The number of carbonyl (C=O) groups is 1. The van der Waals surface area contributed by atoms with E-state index in [9.17, 15) is 31.1 Å². The van der Waals surface area contributed by atoms with Crippen LogP contribution in [-0.2, 0) is 28.9 Å². The van der Waals surface area contributed by atoms with Crippen molar-refractivity contribution in [2.24, 2.45) is 11.8 Å².